The number of carbonyl (C=O) groups excluding carboxylic acids is 1. The molecule has 196 valence electrons. The number of anilines is 3. The van der Waals surface area contributed by atoms with Crippen LogP contribution in [0.5, 0.6) is 5.75 Å². The van der Waals surface area contributed by atoms with Crippen molar-refractivity contribution in [3.05, 3.63) is 91.2 Å². The lowest BCUT2D eigenvalue weighted by Gasteiger charge is -2.17. The Labute approximate surface area is 223 Å². The van der Waals surface area contributed by atoms with Crippen LogP contribution in [0.1, 0.15) is 12.0 Å². The molecular weight excluding hydrogens is 499 g/mol. The summed E-state index contributed by atoms with van der Waals surface area (Å²) >= 11 is 0. The lowest BCUT2D eigenvalue weighted by atomic mass is 10.1. The molecule has 0 radical (unpaired) electrons. The average molecular weight is 525 g/mol. The topological polar surface area (TPSA) is 103 Å². The maximum absolute atomic E-state index is 13.6. The molecule has 1 amide bonds. The number of carbonyl (C=O) groups is 1. The van der Waals surface area contributed by atoms with Crippen LogP contribution in [0.4, 0.5) is 21.6 Å². The molecule has 39 heavy (non-hydrogen) atoms. The molecule has 0 saturated carbocycles. The molecule has 0 aliphatic carbocycles. The zero-order valence-corrected chi connectivity index (χ0v) is 20.9. The number of ether oxygens (including phenoxy) is 2. The first-order valence-electron chi connectivity index (χ1n) is 12.5. The molecular formula is C29H25FN6O3. The van der Waals surface area contributed by atoms with Gasteiger partial charge >= 0.3 is 0 Å². The Bertz CT molecular complexity index is 1700. The van der Waals surface area contributed by atoms with E-state index in [9.17, 15) is 9.18 Å². The number of rotatable bonds is 8. The van der Waals surface area contributed by atoms with Crippen LogP contribution >= 0.6 is 0 Å². The Kier molecular flexibility index (Phi) is 6.60. The number of nitrogens with zero attached hydrogens (tertiary/aromatic N) is 4. The first kappa shape index (κ1) is 24.5. The summed E-state index contributed by atoms with van der Waals surface area (Å²) in [5.41, 5.74) is 3.69. The van der Waals surface area contributed by atoms with Crippen molar-refractivity contribution >= 4 is 44.9 Å². The van der Waals surface area contributed by atoms with Gasteiger partial charge in [-0.15, -0.1) is 0 Å². The van der Waals surface area contributed by atoms with Crippen molar-refractivity contribution in [2.45, 2.75) is 19.1 Å². The molecule has 0 bridgehead atoms. The lowest BCUT2D eigenvalue weighted by molar-refractivity contribution is -0.111. The summed E-state index contributed by atoms with van der Waals surface area (Å²) in [6, 6.07) is 16.0. The largest absolute Gasteiger partial charge is 0.486 e. The molecule has 5 aromatic rings. The number of fused-ring (bicyclic) bond motifs is 2. The number of hydrogen-bond acceptors (Lipinski definition) is 7. The highest BCUT2D eigenvalue weighted by atomic mass is 19.1. The minimum atomic E-state index is -0.347. The monoisotopic (exact) mass is 524 g/mol. The summed E-state index contributed by atoms with van der Waals surface area (Å²) in [5, 5.41) is 12.3. The highest BCUT2D eigenvalue weighted by Gasteiger charge is 2.21. The van der Waals surface area contributed by atoms with E-state index in [4.69, 9.17) is 9.47 Å². The van der Waals surface area contributed by atoms with Crippen molar-refractivity contribution < 1.29 is 18.7 Å². The fourth-order valence-electron chi connectivity index (χ4n) is 4.58. The summed E-state index contributed by atoms with van der Waals surface area (Å²) in [4.78, 5) is 20.9. The zero-order valence-electron chi connectivity index (χ0n) is 20.9. The number of amides is 1. The number of benzene rings is 3. The molecule has 3 aromatic carbocycles. The Morgan fingerprint density at radius 1 is 1.21 bits per heavy atom. The second-order valence-electron chi connectivity index (χ2n) is 9.22. The number of hydrogen-bond donors (Lipinski definition) is 2. The second-order valence-corrected chi connectivity index (χ2v) is 9.22. The first-order chi connectivity index (χ1) is 19.1. The van der Waals surface area contributed by atoms with Crippen LogP contribution in [0.15, 0.2) is 79.8 Å². The molecule has 2 N–H and O–H groups in total. The van der Waals surface area contributed by atoms with Gasteiger partial charge in [0.05, 0.1) is 42.7 Å². The van der Waals surface area contributed by atoms with Crippen molar-refractivity contribution in [2.75, 3.05) is 23.8 Å². The first-order valence-corrected chi connectivity index (χ1v) is 12.5. The molecule has 1 fully saturated rings. The van der Waals surface area contributed by atoms with E-state index in [2.05, 4.69) is 32.3 Å². The fourth-order valence-corrected chi connectivity index (χ4v) is 4.58. The van der Waals surface area contributed by atoms with E-state index >= 15 is 0 Å². The molecule has 1 aliphatic heterocycles. The Balaban J connectivity index is 1.31. The summed E-state index contributed by atoms with van der Waals surface area (Å²) in [6.07, 6.45) is 5.09. The van der Waals surface area contributed by atoms with E-state index in [0.717, 1.165) is 34.0 Å². The third kappa shape index (κ3) is 5.27. The third-order valence-electron chi connectivity index (χ3n) is 6.49. The molecule has 0 unspecified atom stereocenters. The molecule has 1 aliphatic rings. The summed E-state index contributed by atoms with van der Waals surface area (Å²) in [7, 11) is 0. The molecule has 2 aromatic heterocycles. The number of aromatic nitrogens is 4. The van der Waals surface area contributed by atoms with E-state index < -0.39 is 0 Å². The normalized spacial score (nSPS) is 14.9. The Morgan fingerprint density at radius 2 is 2.13 bits per heavy atom. The average Bonchev–Trinajstić information content (AvgIpc) is 3.59. The van der Waals surface area contributed by atoms with Gasteiger partial charge in [-0.05, 0) is 54.1 Å². The van der Waals surface area contributed by atoms with Crippen LogP contribution in [0.2, 0.25) is 0 Å². The molecule has 1 saturated heterocycles. The highest BCUT2D eigenvalue weighted by molar-refractivity contribution is 6.03. The maximum atomic E-state index is 13.6. The van der Waals surface area contributed by atoms with Crippen molar-refractivity contribution in [2.24, 2.45) is 0 Å². The summed E-state index contributed by atoms with van der Waals surface area (Å²) in [6.45, 7) is 5.10. The van der Waals surface area contributed by atoms with Crippen LogP contribution < -0.4 is 15.4 Å². The van der Waals surface area contributed by atoms with Gasteiger partial charge in [-0.25, -0.2) is 14.4 Å². The van der Waals surface area contributed by atoms with Gasteiger partial charge in [0.15, 0.2) is 0 Å². The number of nitrogens with one attached hydrogen (secondary N) is 2. The van der Waals surface area contributed by atoms with Crippen LogP contribution in [0, 0.1) is 5.82 Å². The standard InChI is InChI=1S/C29H25FN6O3/c1-2-28(37)35-25-13-24-23(12-27(25)39-22-8-9-38-16-22)29(32-17-31-24)34-21-6-7-26-19(11-21)14-33-36(26)15-18-4-3-5-20(30)10-18/h2-7,10-14,17,22H,1,8-9,15-16H2,(H,35,37)(H,31,32,34)/t22-/m0/s1. The minimum Gasteiger partial charge on any atom is -0.486 e. The van der Waals surface area contributed by atoms with Gasteiger partial charge < -0.3 is 20.1 Å². The Hall–Kier alpha value is -4.83. The molecule has 3 heterocycles. The van der Waals surface area contributed by atoms with Crippen LogP contribution in [0.25, 0.3) is 21.8 Å². The summed E-state index contributed by atoms with van der Waals surface area (Å²) in [5.74, 6) is 0.467. The number of halogens is 1. The third-order valence-corrected chi connectivity index (χ3v) is 6.49. The van der Waals surface area contributed by atoms with Crippen molar-refractivity contribution in [1.29, 1.82) is 0 Å². The molecule has 1 atom stereocenters. The van der Waals surface area contributed by atoms with Gasteiger partial charge in [0, 0.05) is 22.9 Å². The van der Waals surface area contributed by atoms with E-state index in [0.29, 0.717) is 42.5 Å². The predicted octanol–water partition coefficient (Wildman–Crippen LogP) is 5.20. The highest BCUT2D eigenvalue weighted by Crippen LogP contribution is 2.35. The van der Waals surface area contributed by atoms with Gasteiger partial charge in [-0.2, -0.15) is 5.10 Å². The van der Waals surface area contributed by atoms with Crippen molar-refractivity contribution in [1.82, 2.24) is 19.7 Å². The van der Waals surface area contributed by atoms with Gasteiger partial charge in [0.25, 0.3) is 0 Å². The molecule has 10 heteroatoms. The van der Waals surface area contributed by atoms with Crippen LogP contribution in [0.3, 0.4) is 0 Å². The van der Waals surface area contributed by atoms with Gasteiger partial charge in [-0.3, -0.25) is 9.48 Å². The maximum Gasteiger partial charge on any atom is 0.247 e. The van der Waals surface area contributed by atoms with Crippen LogP contribution in [-0.2, 0) is 16.1 Å². The van der Waals surface area contributed by atoms with E-state index in [1.807, 2.05) is 35.0 Å². The van der Waals surface area contributed by atoms with Crippen molar-refractivity contribution in [3.63, 3.8) is 0 Å². The zero-order chi connectivity index (χ0) is 26.8. The smallest absolute Gasteiger partial charge is 0.247 e. The Morgan fingerprint density at radius 3 is 2.95 bits per heavy atom. The molecule has 9 nitrogen and oxygen atoms in total. The van der Waals surface area contributed by atoms with E-state index in [1.54, 1.807) is 18.3 Å². The summed E-state index contributed by atoms with van der Waals surface area (Å²) < 4.78 is 27.1. The molecule has 0 spiro atoms. The van der Waals surface area contributed by atoms with E-state index in [1.165, 1.54) is 24.5 Å². The van der Waals surface area contributed by atoms with Gasteiger partial charge in [-0.1, -0.05) is 18.7 Å². The molecule has 6 rings (SSSR count). The van der Waals surface area contributed by atoms with Gasteiger partial charge in [0.1, 0.15) is 29.8 Å². The lowest BCUT2D eigenvalue weighted by Crippen LogP contribution is -2.18. The SMILES string of the molecule is C=CC(=O)Nc1cc2ncnc(Nc3ccc4c(cnn4Cc4cccc(F)c4)c3)c2cc1O[C@H]1CCOC1. The minimum absolute atomic E-state index is 0.116. The second kappa shape index (κ2) is 10.5. The fraction of sp³-hybridized carbons (Fsp3) is 0.172. The quantitative estimate of drug-likeness (QED) is 0.269. The van der Waals surface area contributed by atoms with Crippen molar-refractivity contribution in [3.8, 4) is 5.75 Å². The van der Waals surface area contributed by atoms with E-state index in [-0.39, 0.29) is 17.8 Å². The van der Waals surface area contributed by atoms with Gasteiger partial charge in [0.2, 0.25) is 5.91 Å². The predicted molar refractivity (Wildman–Crippen MR) is 147 cm³/mol. The van der Waals surface area contributed by atoms with Crippen LogP contribution in [-0.4, -0.2) is 45.0 Å².